The molecule has 0 heterocycles. The van der Waals surface area contributed by atoms with E-state index in [1.54, 1.807) is 7.11 Å². The summed E-state index contributed by atoms with van der Waals surface area (Å²) in [6, 6.07) is 13.0. The van der Waals surface area contributed by atoms with Crippen LogP contribution in [0.4, 0.5) is 0 Å². The summed E-state index contributed by atoms with van der Waals surface area (Å²) in [5.74, 6) is 1.40. The van der Waals surface area contributed by atoms with Crippen LogP contribution in [0.2, 0.25) is 0 Å². The first-order chi connectivity index (χ1) is 9.93. The van der Waals surface area contributed by atoms with Gasteiger partial charge in [0.25, 0.3) is 0 Å². The highest BCUT2D eigenvalue weighted by Gasteiger charge is 2.12. The lowest BCUT2D eigenvalue weighted by atomic mass is 9.92. The standard InChI is InChI=1S/C19H25NO/c1-12(2)17-11-18(13(3)10-19(17)21-5)16-8-6-15(7-9-16)14(4)20/h6-12,14H,20H2,1-5H3. The molecule has 112 valence electrons. The van der Waals surface area contributed by atoms with Crippen LogP contribution in [-0.4, -0.2) is 7.11 Å². The molecule has 0 radical (unpaired) electrons. The number of hydrogen-bond acceptors (Lipinski definition) is 2. The highest BCUT2D eigenvalue weighted by molar-refractivity contribution is 5.70. The highest BCUT2D eigenvalue weighted by atomic mass is 16.5. The average Bonchev–Trinajstić information content (AvgIpc) is 2.46. The molecular formula is C19H25NO. The summed E-state index contributed by atoms with van der Waals surface area (Å²) in [4.78, 5) is 0. The zero-order chi connectivity index (χ0) is 15.6. The normalized spacial score (nSPS) is 12.5. The second-order valence-corrected chi connectivity index (χ2v) is 5.97. The van der Waals surface area contributed by atoms with Crippen LogP contribution in [0.1, 0.15) is 49.4 Å². The SMILES string of the molecule is COc1cc(C)c(-c2ccc(C(C)N)cc2)cc1C(C)C. The Hall–Kier alpha value is -1.80. The van der Waals surface area contributed by atoms with Crippen molar-refractivity contribution in [3.63, 3.8) is 0 Å². The van der Waals surface area contributed by atoms with Gasteiger partial charge in [-0.25, -0.2) is 0 Å². The molecule has 21 heavy (non-hydrogen) atoms. The van der Waals surface area contributed by atoms with Crippen molar-refractivity contribution in [1.82, 2.24) is 0 Å². The Balaban J connectivity index is 2.50. The van der Waals surface area contributed by atoms with Crippen LogP contribution in [0.25, 0.3) is 11.1 Å². The van der Waals surface area contributed by atoms with Crippen molar-refractivity contribution in [2.24, 2.45) is 5.73 Å². The minimum absolute atomic E-state index is 0.0715. The van der Waals surface area contributed by atoms with Gasteiger partial charge in [-0.1, -0.05) is 38.1 Å². The number of benzene rings is 2. The molecule has 0 fully saturated rings. The second kappa shape index (κ2) is 6.31. The summed E-state index contributed by atoms with van der Waals surface area (Å²) in [7, 11) is 1.73. The topological polar surface area (TPSA) is 35.2 Å². The van der Waals surface area contributed by atoms with E-state index in [-0.39, 0.29) is 6.04 Å². The Bertz CT molecular complexity index is 612. The number of rotatable bonds is 4. The predicted octanol–water partition coefficient (Wildman–Crippen LogP) is 4.81. The molecule has 0 bridgehead atoms. The largest absolute Gasteiger partial charge is 0.496 e. The van der Waals surface area contributed by atoms with Gasteiger partial charge in [0.15, 0.2) is 0 Å². The molecule has 0 aromatic heterocycles. The van der Waals surface area contributed by atoms with Crippen LogP contribution in [0.15, 0.2) is 36.4 Å². The van der Waals surface area contributed by atoms with Gasteiger partial charge in [-0.3, -0.25) is 0 Å². The first-order valence-electron chi connectivity index (χ1n) is 7.48. The van der Waals surface area contributed by atoms with Gasteiger partial charge in [-0.15, -0.1) is 0 Å². The summed E-state index contributed by atoms with van der Waals surface area (Å²) in [5.41, 5.74) is 12.0. The van der Waals surface area contributed by atoms with Crippen LogP contribution in [0.5, 0.6) is 5.75 Å². The lowest BCUT2D eigenvalue weighted by Crippen LogP contribution is -2.04. The van der Waals surface area contributed by atoms with Gasteiger partial charge < -0.3 is 10.5 Å². The van der Waals surface area contributed by atoms with E-state index in [9.17, 15) is 0 Å². The van der Waals surface area contributed by atoms with Crippen LogP contribution in [0.3, 0.4) is 0 Å². The monoisotopic (exact) mass is 283 g/mol. The molecule has 1 unspecified atom stereocenters. The van der Waals surface area contributed by atoms with Crippen molar-refractivity contribution in [3.05, 3.63) is 53.1 Å². The van der Waals surface area contributed by atoms with Gasteiger partial charge in [0.1, 0.15) is 5.75 Å². The van der Waals surface area contributed by atoms with Crippen molar-refractivity contribution in [3.8, 4) is 16.9 Å². The van der Waals surface area contributed by atoms with E-state index in [0.717, 1.165) is 11.3 Å². The quantitative estimate of drug-likeness (QED) is 0.873. The Morgan fingerprint density at radius 3 is 2.10 bits per heavy atom. The van der Waals surface area contributed by atoms with E-state index in [4.69, 9.17) is 10.5 Å². The number of methoxy groups -OCH3 is 1. The van der Waals surface area contributed by atoms with Gasteiger partial charge >= 0.3 is 0 Å². The molecule has 2 aromatic carbocycles. The summed E-state index contributed by atoms with van der Waals surface area (Å²) in [6.45, 7) is 8.51. The zero-order valence-electron chi connectivity index (χ0n) is 13.6. The summed E-state index contributed by atoms with van der Waals surface area (Å²) in [5, 5.41) is 0. The van der Waals surface area contributed by atoms with Crippen LogP contribution in [0, 0.1) is 6.92 Å². The molecule has 0 spiro atoms. The molecule has 0 aliphatic carbocycles. The molecule has 0 aliphatic rings. The summed E-state index contributed by atoms with van der Waals surface area (Å²) < 4.78 is 5.51. The van der Waals surface area contributed by atoms with E-state index < -0.39 is 0 Å². The molecule has 1 atom stereocenters. The smallest absolute Gasteiger partial charge is 0.122 e. The fraction of sp³-hybridized carbons (Fsp3) is 0.368. The van der Waals surface area contributed by atoms with Gasteiger partial charge in [0, 0.05) is 6.04 Å². The van der Waals surface area contributed by atoms with Gasteiger partial charge in [-0.05, 0) is 59.7 Å². The molecule has 0 aliphatic heterocycles. The molecule has 0 amide bonds. The van der Waals surface area contributed by atoms with Gasteiger partial charge in [-0.2, -0.15) is 0 Å². The molecule has 2 heteroatoms. The fourth-order valence-corrected chi connectivity index (χ4v) is 2.60. The predicted molar refractivity (Wildman–Crippen MR) is 89.9 cm³/mol. The van der Waals surface area contributed by atoms with Crippen molar-refractivity contribution < 1.29 is 4.74 Å². The Kier molecular flexibility index (Phi) is 4.69. The lowest BCUT2D eigenvalue weighted by molar-refractivity contribution is 0.407. The zero-order valence-corrected chi connectivity index (χ0v) is 13.6. The van der Waals surface area contributed by atoms with Crippen LogP contribution < -0.4 is 10.5 Å². The van der Waals surface area contributed by atoms with E-state index in [1.807, 2.05) is 6.92 Å². The maximum absolute atomic E-state index is 5.92. The maximum Gasteiger partial charge on any atom is 0.122 e. The highest BCUT2D eigenvalue weighted by Crippen LogP contribution is 2.34. The van der Waals surface area contributed by atoms with E-state index in [0.29, 0.717) is 5.92 Å². The second-order valence-electron chi connectivity index (χ2n) is 5.97. The van der Waals surface area contributed by atoms with Crippen molar-refractivity contribution in [1.29, 1.82) is 0 Å². The third-order valence-electron chi connectivity index (χ3n) is 3.95. The van der Waals surface area contributed by atoms with Crippen LogP contribution in [-0.2, 0) is 0 Å². The van der Waals surface area contributed by atoms with Crippen molar-refractivity contribution in [2.75, 3.05) is 7.11 Å². The van der Waals surface area contributed by atoms with Gasteiger partial charge in [0.05, 0.1) is 7.11 Å². The Labute approximate surface area is 127 Å². The molecular weight excluding hydrogens is 258 g/mol. The van der Waals surface area contributed by atoms with E-state index >= 15 is 0 Å². The molecule has 2 rings (SSSR count). The third kappa shape index (κ3) is 3.27. The lowest BCUT2D eigenvalue weighted by Gasteiger charge is -2.17. The molecule has 2 aromatic rings. The molecule has 2 N–H and O–H groups in total. The van der Waals surface area contributed by atoms with Crippen LogP contribution >= 0.6 is 0 Å². The third-order valence-corrected chi connectivity index (χ3v) is 3.95. The molecule has 0 saturated carbocycles. The number of ether oxygens (including phenoxy) is 1. The summed E-state index contributed by atoms with van der Waals surface area (Å²) in [6.07, 6.45) is 0. The van der Waals surface area contributed by atoms with E-state index in [2.05, 4.69) is 57.2 Å². The molecule has 0 saturated heterocycles. The minimum atomic E-state index is 0.0715. The summed E-state index contributed by atoms with van der Waals surface area (Å²) >= 11 is 0. The Morgan fingerprint density at radius 1 is 1.00 bits per heavy atom. The first kappa shape index (κ1) is 15.6. The average molecular weight is 283 g/mol. The number of hydrogen-bond donors (Lipinski definition) is 1. The van der Waals surface area contributed by atoms with E-state index in [1.165, 1.54) is 22.3 Å². The maximum atomic E-state index is 5.92. The number of nitrogens with two attached hydrogens (primary N) is 1. The first-order valence-corrected chi connectivity index (χ1v) is 7.48. The van der Waals surface area contributed by atoms with Crippen molar-refractivity contribution in [2.45, 2.75) is 39.7 Å². The fourth-order valence-electron chi connectivity index (χ4n) is 2.60. The van der Waals surface area contributed by atoms with Gasteiger partial charge in [0.2, 0.25) is 0 Å². The number of aryl methyl sites for hydroxylation is 1. The van der Waals surface area contributed by atoms with Crippen molar-refractivity contribution >= 4 is 0 Å². The Morgan fingerprint density at radius 2 is 1.62 bits per heavy atom. The minimum Gasteiger partial charge on any atom is -0.496 e. The molecule has 2 nitrogen and oxygen atoms in total.